The van der Waals surface area contributed by atoms with Crippen LogP contribution in [0.25, 0.3) is 5.57 Å². The second-order valence-electron chi connectivity index (χ2n) is 3.04. The minimum Gasteiger partial charge on any atom is -0.362 e. The van der Waals surface area contributed by atoms with E-state index in [0.717, 1.165) is 23.2 Å². The highest BCUT2D eigenvalue weighted by molar-refractivity contribution is 5.75. The quantitative estimate of drug-likeness (QED) is 0.745. The van der Waals surface area contributed by atoms with Crippen LogP contribution in [0.15, 0.2) is 43.6 Å². The average Bonchev–Trinajstić information content (AvgIpc) is 2.19. The fourth-order valence-electron chi connectivity index (χ4n) is 1.34. The first-order valence-electron chi connectivity index (χ1n) is 4.64. The Bertz CT molecular complexity index is 329. The molecule has 0 saturated heterocycles. The molecule has 3 N–H and O–H groups in total. The number of benzene rings is 1. The van der Waals surface area contributed by atoms with Crippen molar-refractivity contribution in [3.05, 3.63) is 49.2 Å². The number of rotatable bonds is 5. The van der Waals surface area contributed by atoms with Crippen molar-refractivity contribution in [2.45, 2.75) is 6.42 Å². The van der Waals surface area contributed by atoms with E-state index in [1.54, 1.807) is 6.20 Å². The van der Waals surface area contributed by atoms with Crippen LogP contribution < -0.4 is 11.1 Å². The van der Waals surface area contributed by atoms with Gasteiger partial charge in [-0.25, -0.2) is 0 Å². The van der Waals surface area contributed by atoms with Gasteiger partial charge in [-0.05, 0) is 30.8 Å². The van der Waals surface area contributed by atoms with Gasteiger partial charge in [0, 0.05) is 11.3 Å². The predicted octanol–water partition coefficient (Wildman–Crippen LogP) is 2.60. The summed E-state index contributed by atoms with van der Waals surface area (Å²) in [5.41, 5.74) is 8.68. The Kier molecular flexibility index (Phi) is 3.95. The molecule has 2 nitrogen and oxygen atoms in total. The predicted molar refractivity (Wildman–Crippen MR) is 63.0 cm³/mol. The molecule has 2 heteroatoms. The van der Waals surface area contributed by atoms with Crippen LogP contribution in [0.3, 0.4) is 0 Å². The van der Waals surface area contributed by atoms with Crippen molar-refractivity contribution >= 4 is 11.3 Å². The van der Waals surface area contributed by atoms with E-state index in [4.69, 9.17) is 5.73 Å². The van der Waals surface area contributed by atoms with E-state index in [1.165, 1.54) is 0 Å². The van der Waals surface area contributed by atoms with E-state index < -0.39 is 0 Å². The molecular formula is C12H16N2. The van der Waals surface area contributed by atoms with Crippen molar-refractivity contribution in [2.75, 3.05) is 11.9 Å². The van der Waals surface area contributed by atoms with Gasteiger partial charge < -0.3 is 11.1 Å². The average molecular weight is 188 g/mol. The van der Waals surface area contributed by atoms with Crippen LogP contribution in [-0.4, -0.2) is 6.54 Å². The number of hydrogen-bond acceptors (Lipinski definition) is 2. The number of para-hydroxylation sites is 1. The van der Waals surface area contributed by atoms with Gasteiger partial charge in [-0.3, -0.25) is 0 Å². The Balaban J connectivity index is 2.93. The molecule has 0 bridgehead atoms. The zero-order valence-corrected chi connectivity index (χ0v) is 8.29. The van der Waals surface area contributed by atoms with E-state index in [1.807, 2.05) is 24.3 Å². The van der Waals surface area contributed by atoms with E-state index in [0.29, 0.717) is 6.54 Å². The van der Waals surface area contributed by atoms with Crippen molar-refractivity contribution in [1.29, 1.82) is 0 Å². The summed E-state index contributed by atoms with van der Waals surface area (Å²) in [6.45, 7) is 8.27. The van der Waals surface area contributed by atoms with E-state index in [2.05, 4.69) is 18.5 Å². The SMILES string of the molecule is C=CNc1ccccc1C(=C)CCN. The highest BCUT2D eigenvalue weighted by Crippen LogP contribution is 2.24. The molecule has 0 aliphatic rings. The Morgan fingerprint density at radius 2 is 2.14 bits per heavy atom. The fourth-order valence-corrected chi connectivity index (χ4v) is 1.34. The number of hydrogen-bond donors (Lipinski definition) is 2. The lowest BCUT2D eigenvalue weighted by Crippen LogP contribution is -2.01. The third kappa shape index (κ3) is 2.47. The summed E-state index contributed by atoms with van der Waals surface area (Å²) in [7, 11) is 0. The maximum atomic E-state index is 5.49. The molecule has 1 aromatic carbocycles. The van der Waals surface area contributed by atoms with Gasteiger partial charge in [0.15, 0.2) is 0 Å². The summed E-state index contributed by atoms with van der Waals surface area (Å²) >= 11 is 0. The lowest BCUT2D eigenvalue weighted by Gasteiger charge is -2.10. The van der Waals surface area contributed by atoms with Gasteiger partial charge in [-0.1, -0.05) is 31.4 Å². The first kappa shape index (κ1) is 10.5. The first-order valence-corrected chi connectivity index (χ1v) is 4.64. The molecule has 74 valence electrons. The lowest BCUT2D eigenvalue weighted by atomic mass is 10.0. The van der Waals surface area contributed by atoms with Crippen molar-refractivity contribution < 1.29 is 0 Å². The molecule has 0 spiro atoms. The zero-order valence-electron chi connectivity index (χ0n) is 8.29. The van der Waals surface area contributed by atoms with Gasteiger partial charge in [-0.15, -0.1) is 0 Å². The molecular weight excluding hydrogens is 172 g/mol. The third-order valence-electron chi connectivity index (χ3n) is 2.01. The molecule has 0 unspecified atom stereocenters. The maximum Gasteiger partial charge on any atom is 0.0455 e. The molecule has 0 aliphatic heterocycles. The van der Waals surface area contributed by atoms with Gasteiger partial charge in [0.25, 0.3) is 0 Å². The summed E-state index contributed by atoms with van der Waals surface area (Å²) < 4.78 is 0. The smallest absolute Gasteiger partial charge is 0.0455 e. The van der Waals surface area contributed by atoms with E-state index in [-0.39, 0.29) is 0 Å². The zero-order chi connectivity index (χ0) is 10.4. The molecule has 0 radical (unpaired) electrons. The molecule has 0 heterocycles. The van der Waals surface area contributed by atoms with E-state index in [9.17, 15) is 0 Å². The van der Waals surface area contributed by atoms with Crippen LogP contribution >= 0.6 is 0 Å². The van der Waals surface area contributed by atoms with Gasteiger partial charge in [0.05, 0.1) is 0 Å². The summed E-state index contributed by atoms with van der Waals surface area (Å²) in [4.78, 5) is 0. The van der Waals surface area contributed by atoms with E-state index >= 15 is 0 Å². The fraction of sp³-hybridized carbons (Fsp3) is 0.167. The van der Waals surface area contributed by atoms with Gasteiger partial charge >= 0.3 is 0 Å². The van der Waals surface area contributed by atoms with Crippen LogP contribution in [0.1, 0.15) is 12.0 Å². The molecule has 0 amide bonds. The molecule has 1 rings (SSSR count). The molecule has 0 fully saturated rings. The summed E-state index contributed by atoms with van der Waals surface area (Å²) in [5, 5.41) is 3.08. The minimum absolute atomic E-state index is 0.626. The number of nitrogens with one attached hydrogen (secondary N) is 1. The second-order valence-corrected chi connectivity index (χ2v) is 3.04. The molecule has 0 saturated carbocycles. The standard InChI is InChI=1S/C12H16N2/c1-3-14-12-7-5-4-6-11(12)10(2)8-9-13/h3-7,14H,1-2,8-9,13H2. The van der Waals surface area contributed by atoms with Crippen LogP contribution in [0.5, 0.6) is 0 Å². The molecule has 0 atom stereocenters. The molecule has 1 aromatic rings. The minimum atomic E-state index is 0.626. The lowest BCUT2D eigenvalue weighted by molar-refractivity contribution is 1.02. The highest BCUT2D eigenvalue weighted by Gasteiger charge is 2.02. The Morgan fingerprint density at radius 1 is 1.43 bits per heavy atom. The first-order chi connectivity index (χ1) is 6.79. The Morgan fingerprint density at radius 3 is 2.79 bits per heavy atom. The van der Waals surface area contributed by atoms with Crippen LogP contribution in [0, 0.1) is 0 Å². The summed E-state index contributed by atoms with van der Waals surface area (Å²) in [6, 6.07) is 8.00. The highest BCUT2D eigenvalue weighted by atomic mass is 14.8. The topological polar surface area (TPSA) is 38.0 Å². The summed E-state index contributed by atoms with van der Waals surface area (Å²) in [6.07, 6.45) is 2.48. The molecule has 0 aliphatic carbocycles. The van der Waals surface area contributed by atoms with Crippen molar-refractivity contribution in [1.82, 2.24) is 0 Å². The van der Waals surface area contributed by atoms with Crippen LogP contribution in [0.2, 0.25) is 0 Å². The van der Waals surface area contributed by atoms with Crippen molar-refractivity contribution in [3.63, 3.8) is 0 Å². The van der Waals surface area contributed by atoms with Crippen molar-refractivity contribution in [2.24, 2.45) is 5.73 Å². The maximum absolute atomic E-state index is 5.49. The number of anilines is 1. The normalized spacial score (nSPS) is 9.50. The second kappa shape index (κ2) is 5.25. The summed E-state index contributed by atoms with van der Waals surface area (Å²) in [5.74, 6) is 0. The number of nitrogens with two attached hydrogens (primary N) is 1. The van der Waals surface area contributed by atoms with Crippen molar-refractivity contribution in [3.8, 4) is 0 Å². The Hall–Kier alpha value is -1.54. The van der Waals surface area contributed by atoms with Crippen LogP contribution in [-0.2, 0) is 0 Å². The van der Waals surface area contributed by atoms with Gasteiger partial charge in [-0.2, -0.15) is 0 Å². The third-order valence-corrected chi connectivity index (χ3v) is 2.01. The monoisotopic (exact) mass is 188 g/mol. The Labute approximate surface area is 85.1 Å². The molecule has 14 heavy (non-hydrogen) atoms. The largest absolute Gasteiger partial charge is 0.362 e. The molecule has 0 aromatic heterocycles. The van der Waals surface area contributed by atoms with Gasteiger partial charge in [0.2, 0.25) is 0 Å². The van der Waals surface area contributed by atoms with Gasteiger partial charge in [0.1, 0.15) is 0 Å². The van der Waals surface area contributed by atoms with Crippen LogP contribution in [0.4, 0.5) is 5.69 Å².